The molecule has 0 spiro atoms. The van der Waals surface area contributed by atoms with E-state index in [1.165, 1.54) is 12.1 Å². The van der Waals surface area contributed by atoms with Gasteiger partial charge in [0.25, 0.3) is 5.91 Å². The van der Waals surface area contributed by atoms with Gasteiger partial charge in [-0.3, -0.25) is 9.78 Å². The number of para-hydroxylation sites is 1. The van der Waals surface area contributed by atoms with E-state index < -0.39 is 5.91 Å². The summed E-state index contributed by atoms with van der Waals surface area (Å²) in [5, 5.41) is 14.2. The van der Waals surface area contributed by atoms with Gasteiger partial charge in [-0.15, -0.1) is 0 Å². The summed E-state index contributed by atoms with van der Waals surface area (Å²) in [5.74, 6) is 0.373. The van der Waals surface area contributed by atoms with Crippen LogP contribution in [0.2, 0.25) is 10.0 Å². The van der Waals surface area contributed by atoms with Gasteiger partial charge in [-0.2, -0.15) is 0 Å². The number of aromatic nitrogens is 1. The van der Waals surface area contributed by atoms with Crippen LogP contribution < -0.4 is 10.1 Å². The second-order valence-electron chi connectivity index (χ2n) is 6.16. The first-order chi connectivity index (χ1) is 14.0. The zero-order chi connectivity index (χ0) is 20.4. The summed E-state index contributed by atoms with van der Waals surface area (Å²) in [6, 6.07) is 18.3. The number of phenols is 1. The minimum atomic E-state index is -0.444. The number of fused-ring (bicyclic) bond motifs is 1. The topological polar surface area (TPSA) is 71.5 Å². The number of carbonyl (C=O) groups excluding carboxylic acids is 1. The summed E-state index contributed by atoms with van der Waals surface area (Å²) in [6.07, 6.45) is 1.66. The fourth-order valence-electron chi connectivity index (χ4n) is 2.84. The van der Waals surface area contributed by atoms with Crippen molar-refractivity contribution in [1.29, 1.82) is 0 Å². The molecule has 0 bridgehead atoms. The Bertz CT molecular complexity index is 1230. The molecule has 1 heterocycles. The molecule has 1 amide bonds. The molecule has 0 atom stereocenters. The highest BCUT2D eigenvalue weighted by Crippen LogP contribution is 2.36. The van der Waals surface area contributed by atoms with Crippen LogP contribution in [-0.2, 0) is 0 Å². The zero-order valence-electron chi connectivity index (χ0n) is 14.9. The molecular weight excluding hydrogens is 411 g/mol. The van der Waals surface area contributed by atoms with Gasteiger partial charge < -0.3 is 15.2 Å². The number of pyridine rings is 1. The van der Waals surface area contributed by atoms with E-state index >= 15 is 0 Å². The van der Waals surface area contributed by atoms with Crippen molar-refractivity contribution < 1.29 is 14.6 Å². The minimum absolute atomic E-state index is 0.0989. The van der Waals surface area contributed by atoms with Crippen LogP contribution in [0.25, 0.3) is 10.9 Å². The van der Waals surface area contributed by atoms with Crippen molar-refractivity contribution in [2.75, 3.05) is 5.32 Å². The van der Waals surface area contributed by atoms with Gasteiger partial charge in [0.15, 0.2) is 5.75 Å². The van der Waals surface area contributed by atoms with Crippen LogP contribution in [0.3, 0.4) is 0 Å². The third-order valence-corrected chi connectivity index (χ3v) is 4.86. The molecule has 0 aliphatic carbocycles. The summed E-state index contributed by atoms with van der Waals surface area (Å²) in [6.45, 7) is 0. The molecule has 1 aromatic heterocycles. The number of halogens is 2. The summed E-state index contributed by atoms with van der Waals surface area (Å²) in [4.78, 5) is 16.7. The summed E-state index contributed by atoms with van der Waals surface area (Å²) in [5.41, 5.74) is 1.25. The lowest BCUT2D eigenvalue weighted by molar-refractivity contribution is 0.102. The Hall–Kier alpha value is -3.28. The monoisotopic (exact) mass is 424 g/mol. The van der Waals surface area contributed by atoms with E-state index in [9.17, 15) is 9.90 Å². The highest BCUT2D eigenvalue weighted by molar-refractivity contribution is 6.35. The number of amides is 1. The molecular formula is C22H14Cl2N2O3. The van der Waals surface area contributed by atoms with E-state index in [-0.39, 0.29) is 11.3 Å². The Balaban J connectivity index is 1.58. The van der Waals surface area contributed by atoms with Gasteiger partial charge in [0.1, 0.15) is 17.0 Å². The third kappa shape index (κ3) is 3.97. The van der Waals surface area contributed by atoms with Gasteiger partial charge in [-0.1, -0.05) is 35.3 Å². The lowest BCUT2D eigenvalue weighted by atomic mass is 10.2. The fourth-order valence-corrected chi connectivity index (χ4v) is 3.27. The average molecular weight is 425 g/mol. The van der Waals surface area contributed by atoms with Gasteiger partial charge >= 0.3 is 0 Å². The summed E-state index contributed by atoms with van der Waals surface area (Å²) >= 11 is 12.6. The summed E-state index contributed by atoms with van der Waals surface area (Å²) < 4.78 is 5.94. The van der Waals surface area contributed by atoms with Crippen LogP contribution in [0, 0.1) is 0 Å². The number of nitrogens with zero attached hydrogens (tertiary/aromatic N) is 1. The number of rotatable bonds is 4. The molecule has 3 aromatic carbocycles. The number of nitrogens with one attached hydrogen (secondary N) is 1. The molecule has 0 aliphatic rings. The van der Waals surface area contributed by atoms with E-state index in [1.807, 2.05) is 6.07 Å². The van der Waals surface area contributed by atoms with Gasteiger partial charge in [-0.05, 0) is 54.6 Å². The van der Waals surface area contributed by atoms with Crippen LogP contribution in [0.5, 0.6) is 17.2 Å². The highest BCUT2D eigenvalue weighted by atomic mass is 35.5. The lowest BCUT2D eigenvalue weighted by Crippen LogP contribution is -2.11. The Morgan fingerprint density at radius 3 is 2.52 bits per heavy atom. The molecule has 144 valence electrons. The number of carbonyl (C=O) groups is 1. The van der Waals surface area contributed by atoms with Crippen molar-refractivity contribution in [2.24, 2.45) is 0 Å². The maximum atomic E-state index is 12.3. The molecule has 0 unspecified atom stereocenters. The van der Waals surface area contributed by atoms with Crippen LogP contribution in [0.4, 0.5) is 5.69 Å². The first kappa shape index (κ1) is 19.1. The van der Waals surface area contributed by atoms with Crippen molar-refractivity contribution in [1.82, 2.24) is 4.98 Å². The predicted octanol–water partition coefficient (Wildman–Crippen LogP) is 6.29. The molecule has 0 saturated heterocycles. The molecule has 29 heavy (non-hydrogen) atoms. The smallest absolute Gasteiger partial charge is 0.259 e. The van der Waals surface area contributed by atoms with Crippen molar-refractivity contribution in [2.45, 2.75) is 0 Å². The Morgan fingerprint density at radius 1 is 0.931 bits per heavy atom. The number of hydrogen-bond acceptors (Lipinski definition) is 4. The molecule has 0 saturated carbocycles. The first-order valence-electron chi connectivity index (χ1n) is 8.63. The van der Waals surface area contributed by atoms with Crippen molar-refractivity contribution in [3.05, 3.63) is 88.5 Å². The van der Waals surface area contributed by atoms with Crippen LogP contribution in [0.15, 0.2) is 72.9 Å². The van der Waals surface area contributed by atoms with Gasteiger partial charge in [-0.25, -0.2) is 0 Å². The van der Waals surface area contributed by atoms with E-state index in [1.54, 1.807) is 54.7 Å². The zero-order valence-corrected chi connectivity index (χ0v) is 16.4. The third-order valence-electron chi connectivity index (χ3n) is 4.24. The number of benzene rings is 3. The number of hydrogen-bond donors (Lipinski definition) is 2. The average Bonchev–Trinajstić information content (AvgIpc) is 2.72. The molecule has 4 aromatic rings. The fraction of sp³-hybridized carbons (Fsp3) is 0. The molecule has 0 radical (unpaired) electrons. The standard InChI is InChI=1S/C22H14Cl2N2O3/c23-16-8-10-20(21-14(16)5-3-11-25-21)29-19-9-7-13(12-17(19)24)26-22(28)15-4-1-2-6-18(15)27/h1-12,27H,(H,26,28). The molecule has 7 heteroatoms. The molecule has 5 nitrogen and oxygen atoms in total. The van der Waals surface area contributed by atoms with Gasteiger partial charge in [0, 0.05) is 17.3 Å². The van der Waals surface area contributed by atoms with Crippen LogP contribution >= 0.6 is 23.2 Å². The molecule has 2 N–H and O–H groups in total. The van der Waals surface area contributed by atoms with E-state index in [4.69, 9.17) is 27.9 Å². The molecule has 0 aliphatic heterocycles. The van der Waals surface area contributed by atoms with Crippen molar-refractivity contribution in [3.63, 3.8) is 0 Å². The Morgan fingerprint density at radius 2 is 1.72 bits per heavy atom. The van der Waals surface area contributed by atoms with E-state index in [2.05, 4.69) is 10.3 Å². The second-order valence-corrected chi connectivity index (χ2v) is 6.98. The van der Waals surface area contributed by atoms with Gasteiger partial charge in [0.05, 0.1) is 15.6 Å². The molecule has 0 fully saturated rings. The second kappa shape index (κ2) is 7.99. The van der Waals surface area contributed by atoms with Crippen molar-refractivity contribution >= 4 is 45.7 Å². The lowest BCUT2D eigenvalue weighted by Gasteiger charge is -2.12. The maximum Gasteiger partial charge on any atom is 0.259 e. The van der Waals surface area contributed by atoms with E-state index in [0.29, 0.717) is 32.7 Å². The van der Waals surface area contributed by atoms with E-state index in [0.717, 1.165) is 5.39 Å². The Kier molecular flexibility index (Phi) is 5.25. The van der Waals surface area contributed by atoms with Crippen LogP contribution in [0.1, 0.15) is 10.4 Å². The summed E-state index contributed by atoms with van der Waals surface area (Å²) in [7, 11) is 0. The maximum absolute atomic E-state index is 12.3. The largest absolute Gasteiger partial charge is 0.507 e. The van der Waals surface area contributed by atoms with Gasteiger partial charge in [0.2, 0.25) is 0 Å². The number of phenolic OH excluding ortho intramolecular Hbond substituents is 1. The number of ether oxygens (including phenoxy) is 1. The number of anilines is 1. The van der Waals surface area contributed by atoms with Crippen LogP contribution in [-0.4, -0.2) is 16.0 Å². The van der Waals surface area contributed by atoms with Crippen molar-refractivity contribution in [3.8, 4) is 17.2 Å². The predicted molar refractivity (Wildman–Crippen MR) is 114 cm³/mol. The highest BCUT2D eigenvalue weighted by Gasteiger charge is 2.13. The quantitative estimate of drug-likeness (QED) is 0.403. The minimum Gasteiger partial charge on any atom is -0.507 e. The SMILES string of the molecule is O=C(Nc1ccc(Oc2ccc(Cl)c3cccnc23)c(Cl)c1)c1ccccc1O. The first-order valence-corrected chi connectivity index (χ1v) is 9.38. The normalized spacial score (nSPS) is 10.7. The Labute approximate surface area is 176 Å². The molecule has 4 rings (SSSR count). The number of aromatic hydroxyl groups is 1.